The maximum absolute atomic E-state index is 2.43. The number of nitrogens with zero attached hydrogens (tertiary/aromatic N) is 1. The second-order valence-corrected chi connectivity index (χ2v) is 9.42. The summed E-state index contributed by atoms with van der Waals surface area (Å²) in [7, 11) is 2.18. The van der Waals surface area contributed by atoms with Crippen molar-refractivity contribution in [3.05, 3.63) is 77.5 Å². The van der Waals surface area contributed by atoms with Crippen molar-refractivity contribution in [2.24, 2.45) is 7.05 Å². The van der Waals surface area contributed by atoms with E-state index in [0.717, 1.165) is 0 Å². The number of benzene rings is 3. The van der Waals surface area contributed by atoms with Crippen LogP contribution in [-0.2, 0) is 7.05 Å². The summed E-state index contributed by atoms with van der Waals surface area (Å²) in [5.74, 6) is 0.999. The Kier molecular flexibility index (Phi) is 4.32. The van der Waals surface area contributed by atoms with Crippen LogP contribution in [-0.4, -0.2) is 0 Å². The molecule has 0 saturated heterocycles. The van der Waals surface area contributed by atoms with Gasteiger partial charge in [0.25, 0.3) is 0 Å². The monoisotopic (exact) mass is 392 g/mol. The van der Waals surface area contributed by atoms with Gasteiger partial charge in [-0.25, -0.2) is 4.57 Å². The molecule has 0 fully saturated rings. The maximum atomic E-state index is 2.43. The number of aromatic nitrogens is 1. The van der Waals surface area contributed by atoms with E-state index in [0.29, 0.717) is 11.8 Å². The molecule has 0 N–H and O–H groups in total. The van der Waals surface area contributed by atoms with E-state index in [1.54, 1.807) is 0 Å². The van der Waals surface area contributed by atoms with Gasteiger partial charge in [0.2, 0.25) is 5.69 Å². The number of rotatable bonds is 2. The molecule has 0 aliphatic heterocycles. The van der Waals surface area contributed by atoms with E-state index in [4.69, 9.17) is 0 Å². The lowest BCUT2D eigenvalue weighted by Crippen LogP contribution is -2.31. The molecule has 3 aromatic carbocycles. The Bertz CT molecular complexity index is 1310. The van der Waals surface area contributed by atoms with Crippen molar-refractivity contribution in [1.29, 1.82) is 0 Å². The summed E-state index contributed by atoms with van der Waals surface area (Å²) >= 11 is 0. The predicted molar refractivity (Wildman–Crippen MR) is 128 cm³/mol. The standard InChI is InChI=1S/C29H30N/c1-17(2)21-13-19(5)27-25(15-21)23-9-7-8-10-24(23)26-16-22(18(3)4)14-20-11-12-30(6)29(27)28(20)26/h7-18H,1-6H3/q+1. The van der Waals surface area contributed by atoms with Gasteiger partial charge in [-0.15, -0.1) is 0 Å². The van der Waals surface area contributed by atoms with Crippen molar-refractivity contribution < 1.29 is 4.57 Å². The number of hydrogen-bond acceptors (Lipinski definition) is 0. The highest BCUT2D eigenvalue weighted by Gasteiger charge is 2.29. The molecule has 0 spiro atoms. The fourth-order valence-electron chi connectivity index (χ4n) is 5.00. The highest BCUT2D eigenvalue weighted by atomic mass is 14.9. The van der Waals surface area contributed by atoms with Gasteiger partial charge in [0.15, 0.2) is 6.20 Å². The lowest BCUT2D eigenvalue weighted by molar-refractivity contribution is -0.659. The molecule has 0 saturated carbocycles. The van der Waals surface area contributed by atoms with Gasteiger partial charge in [-0.05, 0) is 69.2 Å². The molecule has 150 valence electrons. The Labute approximate surface area is 180 Å². The Morgan fingerprint density at radius 3 is 1.97 bits per heavy atom. The fraction of sp³-hybridized carbons (Fsp3) is 0.276. The summed E-state index contributed by atoms with van der Waals surface area (Å²) < 4.78 is 2.31. The average Bonchev–Trinajstić information content (AvgIpc) is 2.85. The van der Waals surface area contributed by atoms with Crippen molar-refractivity contribution in [1.82, 2.24) is 0 Å². The zero-order valence-electron chi connectivity index (χ0n) is 18.9. The molecule has 0 radical (unpaired) electrons. The third-order valence-corrected chi connectivity index (χ3v) is 6.69. The summed E-state index contributed by atoms with van der Waals surface area (Å²) in [5.41, 5.74) is 12.3. The molecule has 0 amide bonds. The summed E-state index contributed by atoms with van der Waals surface area (Å²) in [6, 6.07) is 20.9. The minimum Gasteiger partial charge on any atom is -0.200 e. The van der Waals surface area contributed by atoms with E-state index in [2.05, 4.69) is 107 Å². The second kappa shape index (κ2) is 6.80. The predicted octanol–water partition coefficient (Wildman–Crippen LogP) is 7.53. The fourth-order valence-corrected chi connectivity index (χ4v) is 5.00. The van der Waals surface area contributed by atoms with Crippen LogP contribution in [0.5, 0.6) is 0 Å². The van der Waals surface area contributed by atoms with Gasteiger partial charge in [-0.3, -0.25) is 0 Å². The van der Waals surface area contributed by atoms with Crippen molar-refractivity contribution >= 4 is 10.8 Å². The molecule has 1 aromatic heterocycles. The van der Waals surface area contributed by atoms with Crippen LogP contribution in [0, 0.1) is 6.92 Å². The summed E-state index contributed by atoms with van der Waals surface area (Å²) in [5, 5.41) is 2.70. The quantitative estimate of drug-likeness (QED) is 0.273. The molecule has 1 aliphatic carbocycles. The van der Waals surface area contributed by atoms with Gasteiger partial charge >= 0.3 is 0 Å². The van der Waals surface area contributed by atoms with E-state index < -0.39 is 0 Å². The van der Waals surface area contributed by atoms with Crippen molar-refractivity contribution in [2.75, 3.05) is 0 Å². The molecule has 1 heteroatoms. The highest BCUT2D eigenvalue weighted by Crippen LogP contribution is 2.48. The highest BCUT2D eigenvalue weighted by molar-refractivity contribution is 6.12. The van der Waals surface area contributed by atoms with Crippen LogP contribution in [0.4, 0.5) is 0 Å². The van der Waals surface area contributed by atoms with Crippen LogP contribution >= 0.6 is 0 Å². The van der Waals surface area contributed by atoms with Crippen molar-refractivity contribution in [3.8, 4) is 33.5 Å². The van der Waals surface area contributed by atoms with Gasteiger partial charge < -0.3 is 0 Å². The first kappa shape index (κ1) is 19.1. The second-order valence-electron chi connectivity index (χ2n) is 9.42. The largest absolute Gasteiger partial charge is 0.221 e. The minimum atomic E-state index is 0.495. The molecule has 30 heavy (non-hydrogen) atoms. The Morgan fingerprint density at radius 1 is 0.700 bits per heavy atom. The van der Waals surface area contributed by atoms with Crippen LogP contribution in [0.25, 0.3) is 44.3 Å². The Hall–Kier alpha value is -2.93. The minimum absolute atomic E-state index is 0.495. The molecule has 0 bridgehead atoms. The zero-order valence-corrected chi connectivity index (χ0v) is 18.9. The number of hydrogen-bond donors (Lipinski definition) is 0. The first-order chi connectivity index (χ1) is 14.4. The summed E-state index contributed by atoms with van der Waals surface area (Å²) in [6.07, 6.45) is 2.22. The molecular weight excluding hydrogens is 362 g/mol. The normalized spacial score (nSPS) is 12.3. The lowest BCUT2D eigenvalue weighted by atomic mass is 9.88. The van der Waals surface area contributed by atoms with Crippen LogP contribution in [0.15, 0.2) is 60.8 Å². The van der Waals surface area contributed by atoms with E-state index in [1.165, 1.54) is 61.0 Å². The van der Waals surface area contributed by atoms with E-state index in [9.17, 15) is 0 Å². The molecule has 1 nitrogen and oxygen atoms in total. The maximum Gasteiger partial charge on any atom is 0.221 e. The summed E-state index contributed by atoms with van der Waals surface area (Å²) in [4.78, 5) is 0. The number of aryl methyl sites for hydroxylation is 2. The molecule has 5 rings (SSSR count). The molecule has 4 aromatic rings. The summed E-state index contributed by atoms with van der Waals surface area (Å²) in [6.45, 7) is 11.4. The molecule has 1 heterocycles. The average molecular weight is 393 g/mol. The molecular formula is C29H30N+. The van der Waals surface area contributed by atoms with Gasteiger partial charge in [0, 0.05) is 6.07 Å². The van der Waals surface area contributed by atoms with Gasteiger partial charge in [0.05, 0.1) is 10.9 Å². The van der Waals surface area contributed by atoms with E-state index in [1.807, 2.05) is 0 Å². The number of fused-ring (bicyclic) bond motifs is 5. The molecule has 0 unspecified atom stereocenters. The van der Waals surface area contributed by atoms with Crippen LogP contribution in [0.3, 0.4) is 0 Å². The van der Waals surface area contributed by atoms with Gasteiger partial charge in [0.1, 0.15) is 7.05 Å². The van der Waals surface area contributed by atoms with Crippen molar-refractivity contribution in [3.63, 3.8) is 0 Å². The van der Waals surface area contributed by atoms with Gasteiger partial charge in [-0.2, -0.15) is 0 Å². The van der Waals surface area contributed by atoms with E-state index in [-0.39, 0.29) is 0 Å². The zero-order chi connectivity index (χ0) is 21.2. The van der Waals surface area contributed by atoms with Gasteiger partial charge in [-0.1, -0.05) is 70.2 Å². The molecule has 1 aliphatic rings. The van der Waals surface area contributed by atoms with Crippen LogP contribution < -0.4 is 4.57 Å². The molecule has 0 atom stereocenters. The SMILES string of the molecule is Cc1cc(C(C)C)cc2c1-c1c3c(cc(C(C)C)cc3cc[n+]1C)-c1ccccc1-2. The number of pyridine rings is 1. The topological polar surface area (TPSA) is 3.88 Å². The Balaban J connectivity index is 2.04. The lowest BCUT2D eigenvalue weighted by Gasteiger charge is -2.16. The van der Waals surface area contributed by atoms with Crippen LogP contribution in [0.2, 0.25) is 0 Å². The third kappa shape index (κ3) is 2.72. The van der Waals surface area contributed by atoms with Crippen molar-refractivity contribution in [2.45, 2.75) is 46.5 Å². The smallest absolute Gasteiger partial charge is 0.200 e. The van der Waals surface area contributed by atoms with E-state index >= 15 is 0 Å². The first-order valence-corrected chi connectivity index (χ1v) is 11.1. The first-order valence-electron chi connectivity index (χ1n) is 11.1. The Morgan fingerprint density at radius 2 is 1.30 bits per heavy atom. The van der Waals surface area contributed by atoms with Crippen LogP contribution in [0.1, 0.15) is 56.2 Å². The third-order valence-electron chi connectivity index (χ3n) is 6.69.